The van der Waals surface area contributed by atoms with Crippen LogP contribution in [0.15, 0.2) is 18.2 Å². The Morgan fingerprint density at radius 3 is 2.58 bits per heavy atom. The van der Waals surface area contributed by atoms with Crippen molar-refractivity contribution in [3.8, 4) is 0 Å². The number of amides is 2. The van der Waals surface area contributed by atoms with Gasteiger partial charge in [-0.1, -0.05) is 17.7 Å². The van der Waals surface area contributed by atoms with Crippen LogP contribution in [0.25, 0.3) is 0 Å². The van der Waals surface area contributed by atoms with Gasteiger partial charge in [-0.2, -0.15) is 0 Å². The molecule has 0 unspecified atom stereocenters. The predicted octanol–water partition coefficient (Wildman–Crippen LogP) is 1.05. The van der Waals surface area contributed by atoms with E-state index in [4.69, 9.17) is 16.7 Å². The van der Waals surface area contributed by atoms with Crippen LogP contribution in [0, 0.1) is 10.1 Å². The highest BCUT2D eigenvalue weighted by Gasteiger charge is 2.34. The standard InChI is InChI=1S/C14H14ClN3O6/c15-9-2-1-3-10(18(23)24)13(9)14(22)16-6-11(19)17(7-12(20)21)8-4-5-8/h1-3,8H,4-7H2,(H,16,22)(H,20,21). The number of benzene rings is 1. The third-order valence-corrected chi connectivity index (χ3v) is 3.74. The van der Waals surface area contributed by atoms with Gasteiger partial charge in [0.25, 0.3) is 11.6 Å². The third-order valence-electron chi connectivity index (χ3n) is 3.43. The van der Waals surface area contributed by atoms with Crippen LogP contribution in [0.2, 0.25) is 5.02 Å². The van der Waals surface area contributed by atoms with Crippen LogP contribution in [0.5, 0.6) is 0 Å². The summed E-state index contributed by atoms with van der Waals surface area (Å²) in [4.78, 5) is 46.4. The van der Waals surface area contributed by atoms with Crippen molar-refractivity contribution < 1.29 is 24.4 Å². The Balaban J connectivity index is 2.06. The summed E-state index contributed by atoms with van der Waals surface area (Å²) >= 11 is 5.84. The van der Waals surface area contributed by atoms with Crippen LogP contribution in [0.4, 0.5) is 5.69 Å². The van der Waals surface area contributed by atoms with E-state index in [-0.39, 0.29) is 16.6 Å². The van der Waals surface area contributed by atoms with Crippen molar-refractivity contribution in [1.29, 1.82) is 0 Å². The van der Waals surface area contributed by atoms with E-state index in [1.807, 2.05) is 0 Å². The smallest absolute Gasteiger partial charge is 0.323 e. The van der Waals surface area contributed by atoms with Gasteiger partial charge in [0.2, 0.25) is 5.91 Å². The number of nitro groups is 1. The lowest BCUT2D eigenvalue weighted by Gasteiger charge is -2.20. The average Bonchev–Trinajstić information content (AvgIpc) is 3.34. The molecule has 0 atom stereocenters. The van der Waals surface area contributed by atoms with E-state index in [0.29, 0.717) is 12.8 Å². The summed E-state index contributed by atoms with van der Waals surface area (Å²) in [6.45, 7) is -0.920. The van der Waals surface area contributed by atoms with E-state index in [1.165, 1.54) is 17.0 Å². The Morgan fingerprint density at radius 2 is 2.04 bits per heavy atom. The first kappa shape index (κ1) is 17.7. The molecular formula is C14H14ClN3O6. The zero-order valence-corrected chi connectivity index (χ0v) is 13.2. The number of halogens is 1. The van der Waals surface area contributed by atoms with Crippen molar-refractivity contribution in [1.82, 2.24) is 10.2 Å². The third kappa shape index (κ3) is 4.19. The second-order valence-electron chi connectivity index (χ2n) is 5.22. The lowest BCUT2D eigenvalue weighted by atomic mass is 10.1. The first-order chi connectivity index (χ1) is 11.3. The maximum atomic E-state index is 12.1. The van der Waals surface area contributed by atoms with Gasteiger partial charge in [-0.15, -0.1) is 0 Å². The highest BCUT2D eigenvalue weighted by molar-refractivity contribution is 6.34. The van der Waals surface area contributed by atoms with Crippen molar-refractivity contribution in [3.05, 3.63) is 38.9 Å². The number of nitro benzene ring substituents is 1. The molecule has 2 rings (SSSR count). The van der Waals surface area contributed by atoms with Crippen molar-refractivity contribution in [2.75, 3.05) is 13.1 Å². The number of carboxylic acids is 1. The summed E-state index contributed by atoms with van der Waals surface area (Å²) in [5.74, 6) is -2.59. The van der Waals surface area contributed by atoms with Gasteiger partial charge in [-0.05, 0) is 18.9 Å². The van der Waals surface area contributed by atoms with Crippen molar-refractivity contribution in [2.45, 2.75) is 18.9 Å². The molecule has 10 heteroatoms. The molecule has 1 aromatic rings. The fraction of sp³-hybridized carbons (Fsp3) is 0.357. The highest BCUT2D eigenvalue weighted by Crippen LogP contribution is 2.27. The van der Waals surface area contributed by atoms with Crippen LogP contribution in [-0.2, 0) is 9.59 Å². The second-order valence-corrected chi connectivity index (χ2v) is 5.63. The Bertz CT molecular complexity index is 704. The first-order valence-electron chi connectivity index (χ1n) is 7.03. The van der Waals surface area contributed by atoms with Gasteiger partial charge in [0.1, 0.15) is 12.1 Å². The number of carboxylic acid groups (broad SMARTS) is 1. The van der Waals surface area contributed by atoms with E-state index in [0.717, 1.165) is 6.07 Å². The predicted molar refractivity (Wildman–Crippen MR) is 82.8 cm³/mol. The Hall–Kier alpha value is -2.68. The summed E-state index contributed by atoms with van der Waals surface area (Å²) in [7, 11) is 0. The van der Waals surface area contributed by atoms with E-state index in [9.17, 15) is 24.5 Å². The molecule has 0 aliphatic heterocycles. The Labute approximate surface area is 141 Å². The minimum atomic E-state index is -1.15. The van der Waals surface area contributed by atoms with Crippen LogP contribution in [-0.4, -0.2) is 51.8 Å². The molecule has 1 aromatic carbocycles. The molecule has 1 aliphatic carbocycles. The number of aliphatic carboxylic acids is 1. The molecule has 24 heavy (non-hydrogen) atoms. The van der Waals surface area contributed by atoms with Gasteiger partial charge < -0.3 is 15.3 Å². The number of nitrogens with zero attached hydrogens (tertiary/aromatic N) is 2. The quantitative estimate of drug-likeness (QED) is 0.555. The molecule has 1 fully saturated rings. The van der Waals surface area contributed by atoms with Crippen LogP contribution < -0.4 is 5.32 Å². The lowest BCUT2D eigenvalue weighted by Crippen LogP contribution is -2.43. The van der Waals surface area contributed by atoms with Crippen molar-refractivity contribution in [2.24, 2.45) is 0 Å². The maximum Gasteiger partial charge on any atom is 0.323 e. The Morgan fingerprint density at radius 1 is 1.38 bits per heavy atom. The first-order valence-corrected chi connectivity index (χ1v) is 7.41. The van der Waals surface area contributed by atoms with Gasteiger partial charge in [-0.25, -0.2) is 0 Å². The zero-order chi connectivity index (χ0) is 17.9. The zero-order valence-electron chi connectivity index (χ0n) is 12.4. The molecule has 2 N–H and O–H groups in total. The van der Waals surface area contributed by atoms with Crippen LogP contribution >= 0.6 is 11.6 Å². The molecule has 0 bridgehead atoms. The normalized spacial score (nSPS) is 13.2. The largest absolute Gasteiger partial charge is 0.480 e. The van der Waals surface area contributed by atoms with Crippen molar-refractivity contribution >= 4 is 35.1 Å². The minimum absolute atomic E-state index is 0.112. The van der Waals surface area contributed by atoms with E-state index in [1.54, 1.807) is 0 Å². The highest BCUT2D eigenvalue weighted by atomic mass is 35.5. The molecule has 1 saturated carbocycles. The van der Waals surface area contributed by atoms with Crippen LogP contribution in [0.3, 0.4) is 0 Å². The summed E-state index contributed by atoms with van der Waals surface area (Å²) in [5.41, 5.74) is -0.815. The molecule has 1 aliphatic rings. The molecule has 128 valence electrons. The second kappa shape index (κ2) is 7.26. The van der Waals surface area contributed by atoms with E-state index in [2.05, 4.69) is 5.32 Å². The minimum Gasteiger partial charge on any atom is -0.480 e. The fourth-order valence-corrected chi connectivity index (χ4v) is 2.44. The Kier molecular flexibility index (Phi) is 5.35. The van der Waals surface area contributed by atoms with Gasteiger partial charge in [0.15, 0.2) is 0 Å². The van der Waals surface area contributed by atoms with Gasteiger partial charge >= 0.3 is 5.97 Å². The number of carbonyl (C=O) groups is 3. The van der Waals surface area contributed by atoms with Gasteiger partial charge in [-0.3, -0.25) is 24.5 Å². The number of carbonyl (C=O) groups excluding carboxylic acids is 2. The van der Waals surface area contributed by atoms with Crippen LogP contribution in [0.1, 0.15) is 23.2 Å². The monoisotopic (exact) mass is 355 g/mol. The molecule has 2 amide bonds. The number of hydrogen-bond acceptors (Lipinski definition) is 5. The number of rotatable bonds is 7. The molecule has 0 aromatic heterocycles. The van der Waals surface area contributed by atoms with E-state index < -0.39 is 41.5 Å². The lowest BCUT2D eigenvalue weighted by molar-refractivity contribution is -0.385. The summed E-state index contributed by atoms with van der Waals surface area (Å²) in [5, 5.41) is 21.9. The molecule has 0 spiro atoms. The summed E-state index contributed by atoms with van der Waals surface area (Å²) in [6.07, 6.45) is 1.42. The van der Waals surface area contributed by atoms with E-state index >= 15 is 0 Å². The molecule has 0 heterocycles. The molecule has 0 saturated heterocycles. The van der Waals surface area contributed by atoms with Gasteiger partial charge in [0.05, 0.1) is 16.5 Å². The maximum absolute atomic E-state index is 12.1. The topological polar surface area (TPSA) is 130 Å². The van der Waals surface area contributed by atoms with Crippen molar-refractivity contribution in [3.63, 3.8) is 0 Å². The molecule has 9 nitrogen and oxygen atoms in total. The fourth-order valence-electron chi connectivity index (χ4n) is 2.19. The average molecular weight is 356 g/mol. The number of hydrogen-bond donors (Lipinski definition) is 2. The summed E-state index contributed by atoms with van der Waals surface area (Å²) < 4.78 is 0. The summed E-state index contributed by atoms with van der Waals surface area (Å²) in [6, 6.07) is 3.65. The SMILES string of the molecule is O=C(O)CN(C(=O)CNC(=O)c1c(Cl)cccc1[N+](=O)[O-])C1CC1. The number of nitrogens with one attached hydrogen (secondary N) is 1. The molecule has 0 radical (unpaired) electrons. The molecular weight excluding hydrogens is 342 g/mol. The van der Waals surface area contributed by atoms with Gasteiger partial charge in [0, 0.05) is 12.1 Å².